The van der Waals surface area contributed by atoms with Crippen LogP contribution in [0, 0.1) is 0 Å². The Morgan fingerprint density at radius 3 is 2.57 bits per heavy atom. The van der Waals surface area contributed by atoms with E-state index in [2.05, 4.69) is 19.2 Å². The molecule has 1 aromatic carbocycles. The van der Waals surface area contributed by atoms with Gasteiger partial charge in [-0.25, -0.2) is 0 Å². The third kappa shape index (κ3) is 7.71. The van der Waals surface area contributed by atoms with E-state index in [0.717, 1.165) is 37.0 Å². The van der Waals surface area contributed by atoms with Gasteiger partial charge in [0.1, 0.15) is 5.75 Å². The molecule has 1 atom stereocenters. The molecular formula is C18H28ClNO3. The summed E-state index contributed by atoms with van der Waals surface area (Å²) in [5.74, 6) is 0.541. The van der Waals surface area contributed by atoms with Gasteiger partial charge in [-0.15, -0.1) is 0 Å². The first-order valence-electron chi connectivity index (χ1n) is 8.39. The van der Waals surface area contributed by atoms with Crippen LogP contribution in [0.5, 0.6) is 5.75 Å². The van der Waals surface area contributed by atoms with Gasteiger partial charge in [0.25, 0.3) is 0 Å². The average Bonchev–Trinajstić information content (AvgIpc) is 2.53. The maximum Gasteiger partial charge on any atom is 0.319 e. The second-order valence-electron chi connectivity index (χ2n) is 5.56. The molecular weight excluding hydrogens is 314 g/mol. The smallest absolute Gasteiger partial charge is 0.319 e. The Morgan fingerprint density at radius 1 is 1.22 bits per heavy atom. The molecule has 0 saturated heterocycles. The number of carbonyl (C=O) groups excluding carboxylic acids is 1. The molecule has 0 aliphatic rings. The molecule has 0 aliphatic heterocycles. The quantitative estimate of drug-likeness (QED) is 0.475. The Morgan fingerprint density at radius 2 is 1.91 bits per heavy atom. The maximum absolute atomic E-state index is 11.6. The van der Waals surface area contributed by atoms with Crippen molar-refractivity contribution >= 4 is 17.6 Å². The fourth-order valence-electron chi connectivity index (χ4n) is 2.01. The van der Waals surface area contributed by atoms with E-state index in [4.69, 9.17) is 21.1 Å². The van der Waals surface area contributed by atoms with E-state index in [0.29, 0.717) is 18.2 Å². The van der Waals surface area contributed by atoms with Gasteiger partial charge in [-0.3, -0.25) is 4.79 Å². The Labute approximate surface area is 144 Å². The lowest BCUT2D eigenvalue weighted by Crippen LogP contribution is -2.27. The summed E-state index contributed by atoms with van der Waals surface area (Å²) in [6, 6.07) is 5.63. The number of nitrogens with one attached hydrogen (secondary N) is 1. The highest BCUT2D eigenvalue weighted by atomic mass is 35.5. The van der Waals surface area contributed by atoms with E-state index in [1.54, 1.807) is 0 Å². The van der Waals surface area contributed by atoms with E-state index in [1.165, 1.54) is 0 Å². The van der Waals surface area contributed by atoms with E-state index in [1.807, 2.05) is 25.1 Å². The Kier molecular flexibility index (Phi) is 9.72. The van der Waals surface area contributed by atoms with Crippen LogP contribution in [0.4, 0.5) is 0 Å². The predicted molar refractivity (Wildman–Crippen MR) is 94.1 cm³/mol. The number of halogens is 1. The van der Waals surface area contributed by atoms with E-state index < -0.39 is 0 Å². The van der Waals surface area contributed by atoms with Crippen molar-refractivity contribution in [3.8, 4) is 5.75 Å². The lowest BCUT2D eigenvalue weighted by Gasteiger charge is -2.16. The van der Waals surface area contributed by atoms with Crippen LogP contribution in [0.25, 0.3) is 0 Å². The lowest BCUT2D eigenvalue weighted by molar-refractivity contribution is -0.142. The van der Waals surface area contributed by atoms with Crippen molar-refractivity contribution in [3.05, 3.63) is 28.8 Å². The van der Waals surface area contributed by atoms with Crippen molar-refractivity contribution in [2.75, 3.05) is 19.8 Å². The molecule has 0 radical (unpaired) electrons. The first kappa shape index (κ1) is 19.8. The van der Waals surface area contributed by atoms with E-state index in [9.17, 15) is 4.79 Å². The highest BCUT2D eigenvalue weighted by Gasteiger charge is 2.12. The van der Waals surface area contributed by atoms with Gasteiger partial charge in [0.05, 0.1) is 19.8 Å². The number of esters is 1. The largest absolute Gasteiger partial charge is 0.494 e. The first-order valence-corrected chi connectivity index (χ1v) is 8.77. The molecule has 1 aromatic rings. The molecule has 1 unspecified atom stereocenters. The molecule has 4 nitrogen and oxygen atoms in total. The second kappa shape index (κ2) is 11.3. The minimum atomic E-state index is -0.235. The van der Waals surface area contributed by atoms with Crippen molar-refractivity contribution in [3.63, 3.8) is 0 Å². The van der Waals surface area contributed by atoms with Gasteiger partial charge in [0, 0.05) is 11.1 Å². The molecule has 0 aromatic heterocycles. The Balaban J connectivity index is 2.46. The third-order valence-electron chi connectivity index (χ3n) is 3.52. The van der Waals surface area contributed by atoms with Gasteiger partial charge in [-0.1, -0.05) is 44.4 Å². The van der Waals surface area contributed by atoms with Gasteiger partial charge >= 0.3 is 5.97 Å². The maximum atomic E-state index is 11.6. The molecule has 0 fully saturated rings. The third-order valence-corrected chi connectivity index (χ3v) is 3.85. The van der Waals surface area contributed by atoms with Crippen LogP contribution in [-0.2, 0) is 9.53 Å². The molecule has 0 saturated carbocycles. The Bertz CT molecular complexity index is 479. The summed E-state index contributed by atoms with van der Waals surface area (Å²) in [6.07, 6.45) is 4.03. The van der Waals surface area contributed by atoms with Gasteiger partial charge < -0.3 is 14.8 Å². The highest BCUT2D eigenvalue weighted by molar-refractivity contribution is 6.31. The van der Waals surface area contributed by atoms with Crippen LogP contribution >= 0.6 is 11.6 Å². The number of hydrogen-bond donors (Lipinski definition) is 1. The van der Waals surface area contributed by atoms with Crippen LogP contribution in [-0.4, -0.2) is 25.7 Å². The van der Waals surface area contributed by atoms with E-state index in [-0.39, 0.29) is 18.6 Å². The fraction of sp³-hybridized carbons (Fsp3) is 0.611. The lowest BCUT2D eigenvalue weighted by atomic mass is 10.1. The topological polar surface area (TPSA) is 47.6 Å². The second-order valence-corrected chi connectivity index (χ2v) is 5.97. The van der Waals surface area contributed by atoms with Crippen LogP contribution in [0.3, 0.4) is 0 Å². The summed E-state index contributed by atoms with van der Waals surface area (Å²) in [6.45, 7) is 7.51. The van der Waals surface area contributed by atoms with Crippen LogP contribution in [0.2, 0.25) is 5.02 Å². The standard InChI is InChI=1S/C18H28ClNO3/c1-4-6-10-22-15-8-9-16(17(19)12-15)14(3)20-13-18(21)23-11-7-5-2/h8-9,12,14,20H,4-7,10-11,13H2,1-3H3. The summed E-state index contributed by atoms with van der Waals surface area (Å²) in [4.78, 5) is 11.6. The molecule has 1 rings (SSSR count). The molecule has 0 heterocycles. The van der Waals surface area contributed by atoms with Crippen LogP contribution < -0.4 is 10.1 Å². The normalized spacial score (nSPS) is 12.0. The number of ether oxygens (including phenoxy) is 2. The van der Waals surface area contributed by atoms with Crippen molar-refractivity contribution in [1.82, 2.24) is 5.32 Å². The highest BCUT2D eigenvalue weighted by Crippen LogP contribution is 2.27. The van der Waals surface area contributed by atoms with Crippen molar-refractivity contribution in [2.24, 2.45) is 0 Å². The number of benzene rings is 1. The average molecular weight is 342 g/mol. The summed E-state index contributed by atoms with van der Waals surface area (Å²) in [5, 5.41) is 3.78. The molecule has 0 spiro atoms. The van der Waals surface area contributed by atoms with Gasteiger partial charge in [0.2, 0.25) is 0 Å². The number of unbranched alkanes of at least 4 members (excludes halogenated alkanes) is 2. The van der Waals surface area contributed by atoms with Crippen molar-refractivity contribution in [2.45, 2.75) is 52.5 Å². The predicted octanol–water partition coefficient (Wildman–Crippen LogP) is 4.51. The minimum Gasteiger partial charge on any atom is -0.494 e. The zero-order chi connectivity index (χ0) is 17.1. The molecule has 130 valence electrons. The van der Waals surface area contributed by atoms with Crippen LogP contribution in [0.1, 0.15) is 58.1 Å². The zero-order valence-electron chi connectivity index (χ0n) is 14.4. The monoisotopic (exact) mass is 341 g/mol. The van der Waals surface area contributed by atoms with Gasteiger partial charge in [-0.05, 0) is 37.5 Å². The first-order chi connectivity index (χ1) is 11.1. The molecule has 23 heavy (non-hydrogen) atoms. The zero-order valence-corrected chi connectivity index (χ0v) is 15.1. The summed E-state index contributed by atoms with van der Waals surface area (Å²) in [5.41, 5.74) is 0.941. The van der Waals surface area contributed by atoms with Crippen molar-refractivity contribution < 1.29 is 14.3 Å². The minimum absolute atomic E-state index is 0.0362. The fourth-order valence-corrected chi connectivity index (χ4v) is 2.35. The number of rotatable bonds is 11. The van der Waals surface area contributed by atoms with E-state index >= 15 is 0 Å². The summed E-state index contributed by atoms with van der Waals surface area (Å²) >= 11 is 6.32. The van der Waals surface area contributed by atoms with Crippen molar-refractivity contribution in [1.29, 1.82) is 0 Å². The van der Waals surface area contributed by atoms with Crippen LogP contribution in [0.15, 0.2) is 18.2 Å². The molecule has 0 bridgehead atoms. The summed E-state index contributed by atoms with van der Waals surface area (Å²) in [7, 11) is 0. The SMILES string of the molecule is CCCCOC(=O)CNC(C)c1ccc(OCCCC)cc1Cl. The number of carbonyl (C=O) groups is 1. The van der Waals surface area contributed by atoms with Gasteiger partial charge in [-0.2, -0.15) is 0 Å². The molecule has 5 heteroatoms. The Hall–Kier alpha value is -1.26. The number of hydrogen-bond acceptors (Lipinski definition) is 4. The van der Waals surface area contributed by atoms with Gasteiger partial charge in [0.15, 0.2) is 0 Å². The molecule has 0 aliphatic carbocycles. The molecule has 0 amide bonds. The molecule has 1 N–H and O–H groups in total. The summed E-state index contributed by atoms with van der Waals surface area (Å²) < 4.78 is 10.8.